The number of thiophene rings is 1. The molecule has 1 aliphatic rings. The Balaban J connectivity index is 1.56. The average Bonchev–Trinajstić information content (AvgIpc) is 3.07. The molecule has 0 fully saturated rings. The van der Waals surface area contributed by atoms with Gasteiger partial charge in [-0.25, -0.2) is 4.79 Å². The van der Waals surface area contributed by atoms with Gasteiger partial charge in [0.05, 0.1) is 18.2 Å². The number of anilines is 1. The SMILES string of the molecule is CC(C)OC(=O)c1ccc(NC(=O)C[NH+]2CCc3sccc3[C@@H]2C)cc1. The van der Waals surface area contributed by atoms with E-state index in [1.165, 1.54) is 15.3 Å². The summed E-state index contributed by atoms with van der Waals surface area (Å²) in [5, 5.41) is 5.06. The van der Waals surface area contributed by atoms with Crippen LogP contribution in [0.1, 0.15) is 47.6 Å². The summed E-state index contributed by atoms with van der Waals surface area (Å²) in [6.07, 6.45) is 0.882. The second kappa shape index (κ2) is 8.01. The highest BCUT2D eigenvalue weighted by molar-refractivity contribution is 7.10. The van der Waals surface area contributed by atoms with Crippen LogP contribution in [0.25, 0.3) is 0 Å². The lowest BCUT2D eigenvalue weighted by Crippen LogP contribution is -3.14. The highest BCUT2D eigenvalue weighted by Crippen LogP contribution is 2.24. The van der Waals surface area contributed by atoms with Gasteiger partial charge in [0.1, 0.15) is 6.04 Å². The molecule has 6 heteroatoms. The van der Waals surface area contributed by atoms with Crippen molar-refractivity contribution in [3.63, 3.8) is 0 Å². The summed E-state index contributed by atoms with van der Waals surface area (Å²) < 4.78 is 5.16. The molecule has 0 saturated carbocycles. The number of carbonyl (C=O) groups excluding carboxylic acids is 2. The van der Waals surface area contributed by atoms with E-state index in [-0.39, 0.29) is 18.0 Å². The number of esters is 1. The lowest BCUT2D eigenvalue weighted by molar-refractivity contribution is -0.923. The number of rotatable bonds is 5. The molecule has 0 saturated heterocycles. The van der Waals surface area contributed by atoms with E-state index in [1.54, 1.807) is 24.3 Å². The van der Waals surface area contributed by atoms with Crippen LogP contribution in [0.5, 0.6) is 0 Å². The fraction of sp³-hybridized carbons (Fsp3) is 0.400. The van der Waals surface area contributed by atoms with Crippen molar-refractivity contribution in [3.8, 4) is 0 Å². The number of fused-ring (bicyclic) bond motifs is 1. The van der Waals surface area contributed by atoms with Crippen LogP contribution < -0.4 is 10.2 Å². The van der Waals surface area contributed by atoms with E-state index in [1.807, 2.05) is 25.2 Å². The van der Waals surface area contributed by atoms with E-state index in [0.717, 1.165) is 13.0 Å². The van der Waals surface area contributed by atoms with Gasteiger partial charge < -0.3 is 15.0 Å². The molecule has 1 unspecified atom stereocenters. The maximum atomic E-state index is 12.4. The van der Waals surface area contributed by atoms with Gasteiger partial charge in [0, 0.05) is 22.5 Å². The van der Waals surface area contributed by atoms with Crippen molar-refractivity contribution in [3.05, 3.63) is 51.7 Å². The topological polar surface area (TPSA) is 59.8 Å². The van der Waals surface area contributed by atoms with Gasteiger partial charge in [0.25, 0.3) is 5.91 Å². The van der Waals surface area contributed by atoms with Gasteiger partial charge >= 0.3 is 5.97 Å². The Bertz CT molecular complexity index is 783. The third-order valence-electron chi connectivity index (χ3n) is 4.67. The van der Waals surface area contributed by atoms with E-state index in [9.17, 15) is 9.59 Å². The van der Waals surface area contributed by atoms with Crippen LogP contribution in [-0.4, -0.2) is 31.1 Å². The molecule has 0 spiro atoms. The van der Waals surface area contributed by atoms with Gasteiger partial charge in [-0.2, -0.15) is 0 Å². The Labute approximate surface area is 158 Å². The summed E-state index contributed by atoms with van der Waals surface area (Å²) in [5.41, 5.74) is 2.55. The van der Waals surface area contributed by atoms with E-state index < -0.39 is 0 Å². The summed E-state index contributed by atoms with van der Waals surface area (Å²) >= 11 is 1.81. The first-order chi connectivity index (χ1) is 12.4. The van der Waals surface area contributed by atoms with Gasteiger partial charge in [-0.1, -0.05) is 0 Å². The molecule has 3 rings (SSSR count). The summed E-state index contributed by atoms with van der Waals surface area (Å²) in [6.45, 7) is 7.23. The molecule has 1 aliphatic heterocycles. The molecule has 1 aromatic heterocycles. The number of carbonyl (C=O) groups is 2. The second-order valence-electron chi connectivity index (χ2n) is 6.94. The molecular weight excluding hydrogens is 348 g/mol. The van der Waals surface area contributed by atoms with Gasteiger partial charge in [-0.15, -0.1) is 11.3 Å². The minimum atomic E-state index is -0.351. The quantitative estimate of drug-likeness (QED) is 0.792. The Kier molecular flexibility index (Phi) is 5.74. The lowest BCUT2D eigenvalue weighted by Gasteiger charge is -2.29. The normalized spacial score (nSPS) is 19.1. The first kappa shape index (κ1) is 18.6. The maximum Gasteiger partial charge on any atom is 0.338 e. The fourth-order valence-corrected chi connectivity index (χ4v) is 4.25. The Hall–Kier alpha value is -2.18. The van der Waals surface area contributed by atoms with Gasteiger partial charge in [-0.3, -0.25) is 4.79 Å². The fourth-order valence-electron chi connectivity index (χ4n) is 3.27. The number of quaternary nitrogens is 1. The molecule has 26 heavy (non-hydrogen) atoms. The Morgan fingerprint density at radius 1 is 1.27 bits per heavy atom. The van der Waals surface area contributed by atoms with E-state index in [0.29, 0.717) is 23.8 Å². The van der Waals surface area contributed by atoms with Crippen LogP contribution in [0.4, 0.5) is 5.69 Å². The molecule has 138 valence electrons. The summed E-state index contributed by atoms with van der Waals surface area (Å²) in [6, 6.07) is 9.34. The zero-order chi connectivity index (χ0) is 18.7. The molecule has 0 radical (unpaired) electrons. The van der Waals surface area contributed by atoms with Crippen LogP contribution >= 0.6 is 11.3 Å². The van der Waals surface area contributed by atoms with Gasteiger partial charge in [-0.05, 0) is 56.5 Å². The zero-order valence-corrected chi connectivity index (χ0v) is 16.2. The largest absolute Gasteiger partial charge is 0.459 e. The van der Waals surface area contributed by atoms with Crippen molar-refractivity contribution in [1.29, 1.82) is 0 Å². The molecular formula is C20H25N2O3S+. The highest BCUT2D eigenvalue weighted by Gasteiger charge is 2.29. The van der Waals surface area contributed by atoms with Crippen molar-refractivity contribution < 1.29 is 19.2 Å². The van der Waals surface area contributed by atoms with Crippen LogP contribution in [0.15, 0.2) is 35.7 Å². The van der Waals surface area contributed by atoms with Gasteiger partial charge in [0.15, 0.2) is 6.54 Å². The minimum Gasteiger partial charge on any atom is -0.459 e. The van der Waals surface area contributed by atoms with Crippen LogP contribution in [0.3, 0.4) is 0 Å². The molecule has 2 aromatic rings. The van der Waals surface area contributed by atoms with Crippen molar-refractivity contribution in [1.82, 2.24) is 0 Å². The molecule has 0 bridgehead atoms. The molecule has 1 aromatic carbocycles. The number of nitrogens with one attached hydrogen (secondary N) is 2. The van der Waals surface area contributed by atoms with Crippen LogP contribution in [-0.2, 0) is 16.0 Å². The van der Waals surface area contributed by atoms with Crippen molar-refractivity contribution in [2.75, 3.05) is 18.4 Å². The number of benzene rings is 1. The van der Waals surface area contributed by atoms with E-state index >= 15 is 0 Å². The number of hydrogen-bond donors (Lipinski definition) is 2. The first-order valence-electron chi connectivity index (χ1n) is 8.95. The minimum absolute atomic E-state index is 0.0111. The molecule has 0 aliphatic carbocycles. The average molecular weight is 373 g/mol. The molecule has 1 amide bonds. The first-order valence-corrected chi connectivity index (χ1v) is 9.83. The van der Waals surface area contributed by atoms with Crippen LogP contribution in [0, 0.1) is 0 Å². The van der Waals surface area contributed by atoms with E-state index in [2.05, 4.69) is 23.7 Å². The number of amides is 1. The smallest absolute Gasteiger partial charge is 0.338 e. The maximum absolute atomic E-state index is 12.4. The van der Waals surface area contributed by atoms with E-state index in [4.69, 9.17) is 4.74 Å². The monoisotopic (exact) mass is 373 g/mol. The second-order valence-corrected chi connectivity index (χ2v) is 7.94. The highest BCUT2D eigenvalue weighted by atomic mass is 32.1. The molecule has 2 N–H and O–H groups in total. The van der Waals surface area contributed by atoms with Crippen molar-refractivity contribution in [2.45, 2.75) is 39.3 Å². The Morgan fingerprint density at radius 2 is 2.00 bits per heavy atom. The third kappa shape index (κ3) is 4.31. The van der Waals surface area contributed by atoms with Gasteiger partial charge in [0.2, 0.25) is 0 Å². The molecule has 5 nitrogen and oxygen atoms in total. The number of hydrogen-bond acceptors (Lipinski definition) is 4. The van der Waals surface area contributed by atoms with Crippen LogP contribution in [0.2, 0.25) is 0 Å². The standard InChI is InChI=1S/C20H24N2O3S/c1-13(2)25-20(24)15-4-6-16(7-5-15)21-19(23)12-22-10-8-18-17(14(22)3)9-11-26-18/h4-7,9,11,13-14H,8,10,12H2,1-3H3,(H,21,23)/p+1/t14-/m0/s1. The van der Waals surface area contributed by atoms with Crippen molar-refractivity contribution >= 4 is 28.9 Å². The zero-order valence-electron chi connectivity index (χ0n) is 15.4. The molecule has 2 atom stereocenters. The number of ether oxygens (including phenoxy) is 1. The third-order valence-corrected chi connectivity index (χ3v) is 5.66. The summed E-state index contributed by atoms with van der Waals surface area (Å²) in [4.78, 5) is 27.0. The summed E-state index contributed by atoms with van der Waals surface area (Å²) in [7, 11) is 0. The lowest BCUT2D eigenvalue weighted by atomic mass is 10.0. The Morgan fingerprint density at radius 3 is 2.69 bits per heavy atom. The predicted molar refractivity (Wildman–Crippen MR) is 103 cm³/mol. The predicted octanol–water partition coefficient (Wildman–Crippen LogP) is 2.45. The molecule has 2 heterocycles. The summed E-state index contributed by atoms with van der Waals surface area (Å²) in [5.74, 6) is -0.362. The van der Waals surface area contributed by atoms with Crippen molar-refractivity contribution in [2.24, 2.45) is 0 Å².